The van der Waals surface area contributed by atoms with E-state index in [-0.39, 0.29) is 13.2 Å². The molecule has 0 aromatic carbocycles. The van der Waals surface area contributed by atoms with Crippen molar-refractivity contribution in [3.63, 3.8) is 0 Å². The molecule has 4 aliphatic rings. The van der Waals surface area contributed by atoms with Gasteiger partial charge < -0.3 is 94.4 Å². The zero-order chi connectivity index (χ0) is 30.9. The van der Waals surface area contributed by atoms with Crippen molar-refractivity contribution in [2.24, 2.45) is 0 Å². The average molecular weight is 621 g/mol. The maximum absolute atomic E-state index is 10.8. The molecule has 0 aromatic heterocycles. The van der Waals surface area contributed by atoms with Crippen molar-refractivity contribution in [3.05, 3.63) is 0 Å². The molecule has 42 heavy (non-hydrogen) atoms. The van der Waals surface area contributed by atoms with E-state index in [1.807, 2.05) is 0 Å². The summed E-state index contributed by atoms with van der Waals surface area (Å²) in [5.74, 6) is 0. The fourth-order valence-corrected chi connectivity index (χ4v) is 5.10. The third kappa shape index (κ3) is 7.05. The number of rotatable bonds is 9. The van der Waals surface area contributed by atoms with Crippen molar-refractivity contribution >= 4 is 0 Å². The third-order valence-electron chi connectivity index (χ3n) is 7.71. The van der Waals surface area contributed by atoms with Gasteiger partial charge in [0.1, 0.15) is 91.6 Å². The molecule has 4 saturated heterocycles. The first-order valence-corrected chi connectivity index (χ1v) is 13.4. The number of aliphatic hydroxyl groups is 12. The van der Waals surface area contributed by atoms with Crippen molar-refractivity contribution < 1.29 is 94.4 Å². The number of aliphatic hydroxyl groups excluding tert-OH is 12. The highest BCUT2D eigenvalue weighted by molar-refractivity contribution is 4.96. The second kappa shape index (κ2) is 14.6. The summed E-state index contributed by atoms with van der Waals surface area (Å²) < 4.78 is 37.8. The Morgan fingerprint density at radius 1 is 0.476 bits per heavy atom. The Labute approximate surface area is 238 Å². The first-order valence-electron chi connectivity index (χ1n) is 13.4. The average Bonchev–Trinajstić information content (AvgIpc) is 2.98. The molecule has 4 heterocycles. The topological polar surface area (TPSA) is 307 Å². The Morgan fingerprint density at radius 2 is 0.976 bits per heavy atom. The second-order valence-corrected chi connectivity index (χ2v) is 10.6. The quantitative estimate of drug-likeness (QED) is 0.114. The monoisotopic (exact) mass is 620 g/mol. The summed E-state index contributed by atoms with van der Waals surface area (Å²) >= 11 is 0. The molecule has 4 aliphatic heterocycles. The van der Waals surface area contributed by atoms with Gasteiger partial charge in [0.2, 0.25) is 0 Å². The first-order chi connectivity index (χ1) is 19.9. The van der Waals surface area contributed by atoms with Gasteiger partial charge in [0, 0.05) is 0 Å². The largest absolute Gasteiger partial charge is 0.394 e. The van der Waals surface area contributed by atoms with Crippen LogP contribution in [0.5, 0.6) is 0 Å². The van der Waals surface area contributed by atoms with Crippen LogP contribution in [0.4, 0.5) is 0 Å². The molecule has 18 atom stereocenters. The molecule has 0 radical (unpaired) electrons. The molecule has 12 N–H and O–H groups in total. The highest BCUT2D eigenvalue weighted by Crippen LogP contribution is 2.32. The minimum atomic E-state index is -1.91. The van der Waals surface area contributed by atoms with Gasteiger partial charge >= 0.3 is 0 Å². The van der Waals surface area contributed by atoms with E-state index in [0.29, 0.717) is 0 Å². The van der Waals surface area contributed by atoms with Crippen LogP contribution < -0.4 is 0 Å². The van der Waals surface area contributed by atoms with Gasteiger partial charge in [-0.05, 0) is 0 Å². The van der Waals surface area contributed by atoms with Crippen LogP contribution in [0.1, 0.15) is 0 Å². The maximum Gasteiger partial charge on any atom is 0.187 e. The second-order valence-electron chi connectivity index (χ2n) is 10.6. The number of ether oxygens (including phenoxy) is 7. The molecule has 4 rings (SSSR count). The summed E-state index contributed by atoms with van der Waals surface area (Å²) in [6.07, 6.45) is -28.9. The Bertz CT molecular complexity index is 836. The molecular weight excluding hydrogens is 580 g/mol. The van der Waals surface area contributed by atoms with E-state index in [2.05, 4.69) is 0 Å². The Hall–Kier alpha value is -0.760. The lowest BCUT2D eigenvalue weighted by Crippen LogP contribution is -2.66. The lowest BCUT2D eigenvalue weighted by molar-refractivity contribution is -0.373. The van der Waals surface area contributed by atoms with Gasteiger partial charge in [-0.25, -0.2) is 0 Å². The molecule has 0 spiro atoms. The van der Waals surface area contributed by atoms with Crippen LogP contribution in [0.15, 0.2) is 0 Å². The summed E-state index contributed by atoms with van der Waals surface area (Å²) in [6.45, 7) is -2.71. The minimum absolute atomic E-state index is 0.298. The molecule has 0 saturated carbocycles. The van der Waals surface area contributed by atoms with Gasteiger partial charge in [0.15, 0.2) is 18.9 Å². The SMILES string of the molecule is OC[C@H]1O[C@@H](O[C@H]2[C@H](O)[C@@H](O)CO[C@@H]2CO)[C@H](O)[C@@H](O)[C@@H]1O[C@@H]1O[C@H](CO[C@H]2OC[C@@H](O)[C@H](O)[C@H]2O)[C@@H](O)[C@H](O)[C@H]1O. The molecule has 0 unspecified atom stereocenters. The first kappa shape index (κ1) is 34.1. The zero-order valence-corrected chi connectivity index (χ0v) is 22.2. The molecule has 4 fully saturated rings. The van der Waals surface area contributed by atoms with Gasteiger partial charge in [-0.15, -0.1) is 0 Å². The van der Waals surface area contributed by atoms with E-state index in [0.717, 1.165) is 0 Å². The van der Waals surface area contributed by atoms with Crippen LogP contribution in [-0.2, 0) is 33.2 Å². The Morgan fingerprint density at radius 3 is 1.60 bits per heavy atom. The Balaban J connectivity index is 1.40. The van der Waals surface area contributed by atoms with Gasteiger partial charge in [-0.3, -0.25) is 0 Å². The lowest BCUT2D eigenvalue weighted by Gasteiger charge is -2.47. The lowest BCUT2D eigenvalue weighted by atomic mass is 9.96. The van der Waals surface area contributed by atoms with E-state index in [1.54, 1.807) is 0 Å². The van der Waals surface area contributed by atoms with Gasteiger partial charge in [-0.1, -0.05) is 0 Å². The highest BCUT2D eigenvalue weighted by Gasteiger charge is 2.53. The smallest absolute Gasteiger partial charge is 0.187 e. The predicted molar refractivity (Wildman–Crippen MR) is 127 cm³/mol. The van der Waals surface area contributed by atoms with Crippen molar-refractivity contribution in [3.8, 4) is 0 Å². The van der Waals surface area contributed by atoms with E-state index < -0.39 is 130 Å². The van der Waals surface area contributed by atoms with Gasteiger partial charge in [0.25, 0.3) is 0 Å². The summed E-state index contributed by atoms with van der Waals surface area (Å²) in [6, 6.07) is 0. The molecule has 246 valence electrons. The van der Waals surface area contributed by atoms with Crippen molar-refractivity contribution in [1.82, 2.24) is 0 Å². The molecule has 19 heteroatoms. The standard InChI is InChI=1S/C23H40O19/c24-1-8-19(12(29)7(27)3-36-8)41-23-18(35)15(32)20(9(2-25)39-23)42-22-17(34)14(31)13(30)10(40-22)5-38-21-16(33)11(28)6(26)4-37-21/h6-35H,1-5H2/t6-,7+,8-,9-,10-,11+,12-,13-,14+,15-,16-,17-,18-,19-,20-,21-,22+,23+/m1/s1. The summed E-state index contributed by atoms with van der Waals surface area (Å²) in [4.78, 5) is 0. The molecule has 19 nitrogen and oxygen atoms in total. The van der Waals surface area contributed by atoms with E-state index in [4.69, 9.17) is 33.2 Å². The fraction of sp³-hybridized carbons (Fsp3) is 1.00. The van der Waals surface area contributed by atoms with Crippen LogP contribution in [0.3, 0.4) is 0 Å². The van der Waals surface area contributed by atoms with E-state index >= 15 is 0 Å². The maximum atomic E-state index is 10.8. The Kier molecular flexibility index (Phi) is 11.8. The van der Waals surface area contributed by atoms with Crippen LogP contribution >= 0.6 is 0 Å². The molecule has 0 bridgehead atoms. The van der Waals surface area contributed by atoms with Crippen LogP contribution in [-0.4, -0.2) is 205 Å². The van der Waals surface area contributed by atoms with Gasteiger partial charge in [0.05, 0.1) is 33.0 Å². The minimum Gasteiger partial charge on any atom is -0.394 e. The van der Waals surface area contributed by atoms with Crippen molar-refractivity contribution in [2.75, 3.05) is 33.0 Å². The van der Waals surface area contributed by atoms with Crippen LogP contribution in [0, 0.1) is 0 Å². The van der Waals surface area contributed by atoms with E-state index in [9.17, 15) is 61.3 Å². The molecule has 0 aliphatic carbocycles. The van der Waals surface area contributed by atoms with E-state index in [1.165, 1.54) is 0 Å². The summed E-state index contributed by atoms with van der Waals surface area (Å²) in [7, 11) is 0. The molecular formula is C23H40O19. The summed E-state index contributed by atoms with van der Waals surface area (Å²) in [5, 5.41) is 122. The molecule has 0 amide bonds. The number of hydrogen-bond acceptors (Lipinski definition) is 19. The number of hydrogen-bond donors (Lipinski definition) is 12. The normalized spacial score (nSPS) is 52.3. The zero-order valence-electron chi connectivity index (χ0n) is 22.2. The fourth-order valence-electron chi connectivity index (χ4n) is 5.10. The molecule has 0 aromatic rings. The van der Waals surface area contributed by atoms with Crippen molar-refractivity contribution in [1.29, 1.82) is 0 Å². The van der Waals surface area contributed by atoms with Crippen molar-refractivity contribution in [2.45, 2.75) is 110 Å². The highest BCUT2D eigenvalue weighted by atomic mass is 16.8. The predicted octanol–water partition coefficient (Wildman–Crippen LogP) is -8.43. The van der Waals surface area contributed by atoms with Crippen LogP contribution in [0.2, 0.25) is 0 Å². The van der Waals surface area contributed by atoms with Gasteiger partial charge in [-0.2, -0.15) is 0 Å². The van der Waals surface area contributed by atoms with Crippen LogP contribution in [0.25, 0.3) is 0 Å². The summed E-state index contributed by atoms with van der Waals surface area (Å²) in [5.41, 5.74) is 0. The third-order valence-corrected chi connectivity index (χ3v) is 7.71.